The lowest BCUT2D eigenvalue weighted by Gasteiger charge is -2.22. The van der Waals surface area contributed by atoms with E-state index < -0.39 is 0 Å². The largest absolute Gasteiger partial charge is 0.432 e. The molecule has 1 aromatic carbocycles. The molecule has 92 valence electrons. The monoisotopic (exact) mass is 234 g/mol. The van der Waals surface area contributed by atoms with E-state index in [-0.39, 0.29) is 12.3 Å². The second kappa shape index (κ2) is 5.82. The number of hydrogen-bond donors (Lipinski definition) is 0. The number of esters is 1. The fourth-order valence-corrected chi connectivity index (χ4v) is 1.91. The molecule has 1 aromatic rings. The van der Waals surface area contributed by atoms with Crippen LogP contribution in [0.2, 0.25) is 0 Å². The zero-order chi connectivity index (χ0) is 12.1. The van der Waals surface area contributed by atoms with E-state index in [1.54, 1.807) is 6.07 Å². The number of aryl methyl sites for hydroxylation is 1. The van der Waals surface area contributed by atoms with Crippen molar-refractivity contribution in [1.29, 1.82) is 0 Å². The summed E-state index contributed by atoms with van der Waals surface area (Å²) in [5.74, 6) is -0.285. The van der Waals surface area contributed by atoms with E-state index in [0.717, 1.165) is 31.2 Å². The van der Waals surface area contributed by atoms with Crippen LogP contribution in [0, 0.1) is 0 Å². The molecule has 1 saturated heterocycles. The Morgan fingerprint density at radius 3 is 3.06 bits per heavy atom. The summed E-state index contributed by atoms with van der Waals surface area (Å²) in [6.07, 6.45) is 3.48. The van der Waals surface area contributed by atoms with Crippen LogP contribution in [0.25, 0.3) is 0 Å². The number of carbonyl (C=O) groups excluding carboxylic acids is 1. The van der Waals surface area contributed by atoms with Gasteiger partial charge in [-0.2, -0.15) is 0 Å². The SMILES string of the molecule is CCc1cccc(C(=O)OC2CCCCO2)c1. The van der Waals surface area contributed by atoms with E-state index >= 15 is 0 Å². The minimum Gasteiger partial charge on any atom is -0.432 e. The summed E-state index contributed by atoms with van der Waals surface area (Å²) in [6, 6.07) is 7.56. The maximum atomic E-state index is 11.9. The molecule has 0 bridgehead atoms. The summed E-state index contributed by atoms with van der Waals surface area (Å²) >= 11 is 0. The van der Waals surface area contributed by atoms with Gasteiger partial charge in [0.1, 0.15) is 0 Å². The summed E-state index contributed by atoms with van der Waals surface area (Å²) in [7, 11) is 0. The summed E-state index contributed by atoms with van der Waals surface area (Å²) in [5, 5.41) is 0. The molecule has 0 N–H and O–H groups in total. The van der Waals surface area contributed by atoms with Crippen LogP contribution in [0.15, 0.2) is 24.3 Å². The van der Waals surface area contributed by atoms with E-state index in [4.69, 9.17) is 9.47 Å². The molecule has 1 heterocycles. The number of carbonyl (C=O) groups is 1. The molecule has 1 aliphatic heterocycles. The molecule has 1 aliphatic rings. The van der Waals surface area contributed by atoms with Gasteiger partial charge in [0.25, 0.3) is 0 Å². The molecule has 0 amide bonds. The van der Waals surface area contributed by atoms with Gasteiger partial charge >= 0.3 is 5.97 Å². The fraction of sp³-hybridized carbons (Fsp3) is 0.500. The highest BCUT2D eigenvalue weighted by Gasteiger charge is 2.19. The van der Waals surface area contributed by atoms with Crippen LogP contribution in [0.5, 0.6) is 0 Å². The third-order valence-corrected chi connectivity index (χ3v) is 2.95. The molecule has 0 aliphatic carbocycles. The molecule has 3 heteroatoms. The average Bonchev–Trinajstić information content (AvgIpc) is 2.40. The molecular weight excluding hydrogens is 216 g/mol. The van der Waals surface area contributed by atoms with Crippen molar-refractivity contribution >= 4 is 5.97 Å². The van der Waals surface area contributed by atoms with Crippen LogP contribution in [-0.2, 0) is 15.9 Å². The van der Waals surface area contributed by atoms with Crippen molar-refractivity contribution in [2.75, 3.05) is 6.61 Å². The van der Waals surface area contributed by atoms with Crippen molar-refractivity contribution < 1.29 is 14.3 Å². The fourth-order valence-electron chi connectivity index (χ4n) is 1.91. The first-order chi connectivity index (χ1) is 8.29. The molecule has 1 atom stereocenters. The van der Waals surface area contributed by atoms with Crippen molar-refractivity contribution in [3.05, 3.63) is 35.4 Å². The molecule has 3 nitrogen and oxygen atoms in total. The minimum absolute atomic E-state index is 0.285. The molecular formula is C14H18O3. The second-order valence-corrected chi connectivity index (χ2v) is 4.26. The lowest BCUT2D eigenvalue weighted by atomic mass is 10.1. The van der Waals surface area contributed by atoms with Gasteiger partial charge in [-0.05, 0) is 37.0 Å². The average molecular weight is 234 g/mol. The molecule has 0 saturated carbocycles. The van der Waals surface area contributed by atoms with Crippen LogP contribution in [0.3, 0.4) is 0 Å². The van der Waals surface area contributed by atoms with Gasteiger partial charge in [-0.25, -0.2) is 4.79 Å². The van der Waals surface area contributed by atoms with Crippen LogP contribution < -0.4 is 0 Å². The summed E-state index contributed by atoms with van der Waals surface area (Å²) in [4.78, 5) is 11.9. The Kier molecular flexibility index (Phi) is 4.15. The van der Waals surface area contributed by atoms with E-state index in [1.165, 1.54) is 0 Å². The van der Waals surface area contributed by atoms with Crippen molar-refractivity contribution in [2.45, 2.75) is 38.9 Å². The van der Waals surface area contributed by atoms with E-state index in [1.807, 2.05) is 18.2 Å². The summed E-state index contributed by atoms with van der Waals surface area (Å²) in [6.45, 7) is 2.75. The smallest absolute Gasteiger partial charge is 0.340 e. The quantitative estimate of drug-likeness (QED) is 0.754. The Morgan fingerprint density at radius 2 is 2.35 bits per heavy atom. The summed E-state index contributed by atoms with van der Waals surface area (Å²) < 4.78 is 10.7. The third kappa shape index (κ3) is 3.30. The first kappa shape index (κ1) is 12.1. The van der Waals surface area contributed by atoms with Crippen molar-refractivity contribution in [3.63, 3.8) is 0 Å². The first-order valence-electron chi connectivity index (χ1n) is 6.21. The first-order valence-corrected chi connectivity index (χ1v) is 6.21. The van der Waals surface area contributed by atoms with Gasteiger partial charge in [-0.15, -0.1) is 0 Å². The van der Waals surface area contributed by atoms with Gasteiger partial charge in [-0.1, -0.05) is 19.1 Å². The topological polar surface area (TPSA) is 35.5 Å². The predicted octanol–water partition coefficient (Wildman–Crippen LogP) is 2.93. The van der Waals surface area contributed by atoms with Crippen molar-refractivity contribution in [2.24, 2.45) is 0 Å². The van der Waals surface area contributed by atoms with Gasteiger partial charge < -0.3 is 9.47 Å². The molecule has 0 aromatic heterocycles. The highest BCUT2D eigenvalue weighted by Crippen LogP contribution is 2.16. The Balaban J connectivity index is 1.98. The zero-order valence-electron chi connectivity index (χ0n) is 10.1. The standard InChI is InChI=1S/C14H18O3/c1-2-11-6-5-7-12(10-11)14(15)17-13-8-3-4-9-16-13/h5-7,10,13H,2-4,8-9H2,1H3. The highest BCUT2D eigenvalue weighted by molar-refractivity contribution is 5.89. The lowest BCUT2D eigenvalue weighted by Crippen LogP contribution is -2.25. The number of benzene rings is 1. The maximum absolute atomic E-state index is 11.9. The van der Waals surface area contributed by atoms with Crippen molar-refractivity contribution in [1.82, 2.24) is 0 Å². The van der Waals surface area contributed by atoms with Crippen LogP contribution in [0.1, 0.15) is 42.1 Å². The van der Waals surface area contributed by atoms with E-state index in [0.29, 0.717) is 12.2 Å². The Hall–Kier alpha value is -1.35. The Labute approximate surface area is 102 Å². The highest BCUT2D eigenvalue weighted by atomic mass is 16.7. The van der Waals surface area contributed by atoms with Gasteiger partial charge in [0.05, 0.1) is 12.2 Å². The van der Waals surface area contributed by atoms with Gasteiger partial charge in [0, 0.05) is 6.42 Å². The predicted molar refractivity (Wildman–Crippen MR) is 64.8 cm³/mol. The van der Waals surface area contributed by atoms with Gasteiger partial charge in [0.2, 0.25) is 6.29 Å². The third-order valence-electron chi connectivity index (χ3n) is 2.95. The van der Waals surface area contributed by atoms with E-state index in [9.17, 15) is 4.79 Å². The molecule has 2 rings (SSSR count). The van der Waals surface area contributed by atoms with E-state index in [2.05, 4.69) is 6.92 Å². The minimum atomic E-state index is -0.360. The maximum Gasteiger partial charge on any atom is 0.340 e. The Morgan fingerprint density at radius 1 is 1.47 bits per heavy atom. The summed E-state index contributed by atoms with van der Waals surface area (Å²) in [5.41, 5.74) is 1.75. The lowest BCUT2D eigenvalue weighted by molar-refractivity contribution is -0.130. The van der Waals surface area contributed by atoms with Gasteiger partial charge in [-0.3, -0.25) is 0 Å². The van der Waals surface area contributed by atoms with Crippen LogP contribution >= 0.6 is 0 Å². The zero-order valence-corrected chi connectivity index (χ0v) is 10.1. The van der Waals surface area contributed by atoms with Crippen molar-refractivity contribution in [3.8, 4) is 0 Å². The van der Waals surface area contributed by atoms with Crippen LogP contribution in [0.4, 0.5) is 0 Å². The normalized spacial score (nSPS) is 19.9. The second-order valence-electron chi connectivity index (χ2n) is 4.26. The number of ether oxygens (including phenoxy) is 2. The molecule has 1 unspecified atom stereocenters. The number of hydrogen-bond acceptors (Lipinski definition) is 3. The molecule has 0 spiro atoms. The molecule has 1 fully saturated rings. The van der Waals surface area contributed by atoms with Gasteiger partial charge in [0.15, 0.2) is 0 Å². The molecule has 17 heavy (non-hydrogen) atoms. The number of rotatable bonds is 3. The Bertz CT molecular complexity index is 381. The molecule has 0 radical (unpaired) electrons. The van der Waals surface area contributed by atoms with Crippen LogP contribution in [-0.4, -0.2) is 18.9 Å².